The molecule has 0 aliphatic rings. The van der Waals surface area contributed by atoms with Gasteiger partial charge in [-0.3, -0.25) is 18.2 Å². The molecule has 0 bridgehead atoms. The number of aromatic nitrogens is 7. The van der Waals surface area contributed by atoms with Gasteiger partial charge in [0.15, 0.2) is 7.14 Å². The number of imidazole rings is 3. The molecule has 0 spiro atoms. The molecule has 700 valence electrons. The highest BCUT2D eigenvalue weighted by atomic mass is 32.4. The lowest BCUT2D eigenvalue weighted by Gasteiger charge is -2.24. The van der Waals surface area contributed by atoms with Gasteiger partial charge in [-0.2, -0.15) is 0 Å². The van der Waals surface area contributed by atoms with Crippen LogP contribution in [-0.4, -0.2) is 33.1 Å². The average Bonchev–Trinajstić information content (AvgIpc) is 1.60. The van der Waals surface area contributed by atoms with Crippen molar-refractivity contribution in [2.45, 2.75) is 0 Å². The van der Waals surface area contributed by atoms with Crippen LogP contribution in [0, 0.1) is 0 Å². The molecule has 0 unspecified atom stereocenters. The summed E-state index contributed by atoms with van der Waals surface area (Å²) in [6.07, 6.45) is 1.79. The fourth-order valence-electron chi connectivity index (χ4n) is 22.9. The number of nitrogens with zero attached hydrogens (tertiary/aromatic N) is 7. The van der Waals surface area contributed by atoms with E-state index >= 15 is 0 Å². The number of para-hydroxylation sites is 4. The lowest BCUT2D eigenvalue weighted by Crippen LogP contribution is -2.25. The van der Waals surface area contributed by atoms with Crippen molar-refractivity contribution >= 4 is 260 Å². The Morgan fingerprint density at radius 1 is 0.181 bits per heavy atom. The van der Waals surface area contributed by atoms with Gasteiger partial charge in [-0.1, -0.05) is 454 Å². The molecule has 8 nitrogen and oxygen atoms in total. The largest absolute Gasteiger partial charge is 0.309 e. The van der Waals surface area contributed by atoms with Gasteiger partial charge in [0.05, 0.1) is 55.3 Å². The maximum atomic E-state index is 14.9. The smallest absolute Gasteiger partial charge is 0.172 e. The second kappa shape index (κ2) is 36.3. The molecule has 23 aromatic carbocycles. The van der Waals surface area contributed by atoms with Gasteiger partial charge in [0.25, 0.3) is 0 Å². The molecule has 7 aromatic heterocycles. The predicted molar refractivity (Wildman–Crippen MR) is 642 cm³/mol. The standard InChI is InChI=1S/C47H31N2PS.C45H29N2PS.C44H28N3OP/c51-50(37-15-3-1-4-16-37,38-17-5-2-6-18-38)39-26-22-32(23-27-39)34-13-11-14-35(30-34)36-25-28-41-45(31-36)49-44-21-10-9-20-43(44)48-47(49)42-29-24-33-12-7-8-19-40(33)46(41)42;49-48(35-12-3-1-4-13-35,36-14-5-2-6-15-36)37-24-21-30-19-20-32(27-34(30)28-37)33-23-25-39-40-26-22-31-11-7-8-16-38(31)44(40)45-46-41-17-9-10-18-42(41)47(45)43(39)29-33;48-49(33-14-3-1-4-15-33,34-16-5-2-6-17-34)35-21-24-39(45-28-35)32-20-23-40-42(27-32)47-41-26-31-13-8-7-12-30(31)25-38(41)37-22-19-29-11-9-10-18-36(29)43(37)44(47)46-40/h1-31H;1-29H;1-28H. The molecule has 0 saturated heterocycles. The summed E-state index contributed by atoms with van der Waals surface area (Å²) in [7, 11) is -3.12. The van der Waals surface area contributed by atoms with E-state index in [9.17, 15) is 4.57 Å². The molecule has 0 fully saturated rings. The average molecular weight is 1990 g/mol. The van der Waals surface area contributed by atoms with Crippen molar-refractivity contribution in [3.63, 3.8) is 0 Å². The minimum Gasteiger partial charge on any atom is -0.309 e. The third kappa shape index (κ3) is 14.9. The first kappa shape index (κ1) is 89.1. The van der Waals surface area contributed by atoms with E-state index in [-0.39, 0.29) is 0 Å². The zero-order valence-corrected chi connectivity index (χ0v) is 84.8. The number of hydrogen-bond acceptors (Lipinski definition) is 7. The number of hydrogen-bond donors (Lipinski definition) is 0. The molecule has 0 amide bonds. The summed E-state index contributed by atoms with van der Waals surface area (Å²) in [5, 5.41) is 32.4. The molecule has 0 radical (unpaired) electrons. The second-order valence-corrected chi connectivity index (χ2v) is 50.0. The van der Waals surface area contributed by atoms with E-state index < -0.39 is 19.2 Å². The van der Waals surface area contributed by atoms with Gasteiger partial charge in [-0.15, -0.1) is 0 Å². The van der Waals surface area contributed by atoms with E-state index in [1.54, 1.807) is 6.20 Å². The molecular weight excluding hydrogens is 1900 g/mol. The summed E-state index contributed by atoms with van der Waals surface area (Å²) in [5.41, 5.74) is 21.4. The van der Waals surface area contributed by atoms with E-state index in [2.05, 4.69) is 468 Å². The fraction of sp³-hybridized carbons (Fsp3) is 0. The van der Waals surface area contributed by atoms with Crippen molar-refractivity contribution in [3.05, 3.63) is 534 Å². The molecule has 0 aliphatic carbocycles. The molecule has 13 heteroatoms. The van der Waals surface area contributed by atoms with Crippen LogP contribution in [0.25, 0.3) is 214 Å². The Kier molecular flexibility index (Phi) is 21.7. The van der Waals surface area contributed by atoms with Crippen molar-refractivity contribution in [3.8, 4) is 44.6 Å². The Bertz CT molecular complexity index is 10700. The highest BCUT2D eigenvalue weighted by Gasteiger charge is 2.33. The second-order valence-electron chi connectivity index (χ2n) is 38.4. The maximum Gasteiger partial charge on any atom is 0.172 e. The van der Waals surface area contributed by atoms with E-state index in [0.29, 0.717) is 5.30 Å². The van der Waals surface area contributed by atoms with Crippen LogP contribution >= 0.6 is 19.2 Å². The Hall–Kier alpha value is -17.6. The first-order chi connectivity index (χ1) is 73.5. The van der Waals surface area contributed by atoms with Crippen molar-refractivity contribution < 1.29 is 4.57 Å². The molecule has 0 N–H and O–H groups in total. The van der Waals surface area contributed by atoms with Crippen LogP contribution < -0.4 is 47.7 Å². The normalized spacial score (nSPS) is 12.1. The number of fused-ring (bicyclic) bond motifs is 32. The van der Waals surface area contributed by atoms with Crippen LogP contribution in [-0.2, 0) is 28.2 Å². The van der Waals surface area contributed by atoms with Gasteiger partial charge in [-0.25, -0.2) is 15.0 Å². The predicted octanol–water partition coefficient (Wildman–Crippen LogP) is 31.4. The van der Waals surface area contributed by atoms with Crippen molar-refractivity contribution in [2.75, 3.05) is 0 Å². The summed E-state index contributed by atoms with van der Waals surface area (Å²) in [6, 6.07) is 182. The van der Waals surface area contributed by atoms with Crippen LogP contribution in [0.4, 0.5) is 0 Å². The topological polar surface area (TPSA) is 81.9 Å². The lowest BCUT2D eigenvalue weighted by atomic mass is 9.95. The molecule has 7 heterocycles. The fourth-order valence-corrected chi connectivity index (χ4v) is 33.0. The summed E-state index contributed by atoms with van der Waals surface area (Å²) < 4.78 is 21.9. The highest BCUT2D eigenvalue weighted by molar-refractivity contribution is 8.26. The van der Waals surface area contributed by atoms with Crippen molar-refractivity contribution in [2.24, 2.45) is 0 Å². The van der Waals surface area contributed by atoms with Gasteiger partial charge in [0, 0.05) is 77.5 Å². The Labute approximate surface area is 868 Å². The van der Waals surface area contributed by atoms with Crippen LogP contribution in [0.15, 0.2) is 534 Å². The van der Waals surface area contributed by atoms with Gasteiger partial charge < -0.3 is 4.57 Å². The molecule has 0 aliphatic heterocycles. The highest BCUT2D eigenvalue weighted by Crippen LogP contribution is 2.50. The molecule has 30 rings (SSSR count). The molecular formula is C136H88N7OP3S2. The summed E-state index contributed by atoms with van der Waals surface area (Å²) in [6.45, 7) is 0. The molecule has 0 atom stereocenters. The SMILES string of the molecule is O=P(c1ccccc1)(c1ccccc1)c1ccc(-c2ccc3nc4c5c6ccccc6ccc5c5cc6ccccc6cc5n4c3c2)nc1.S=P(c1ccccc1)(c1ccccc1)c1ccc(-c2cccc(-c3ccc4c5c6ccccc6ccc5c5nc6ccccc6n5c4c3)c2)cc1.S=P(c1ccccc1)(c1ccccc1)c1ccc2ccc(-c3ccc4c5ccc6ccccc6c5c5nc6ccccc6n5c4c3)cc2c1. The third-order valence-electron chi connectivity index (χ3n) is 30.1. The zero-order chi connectivity index (χ0) is 99.0. The van der Waals surface area contributed by atoms with Crippen LogP contribution in [0.1, 0.15) is 0 Å². The van der Waals surface area contributed by atoms with Gasteiger partial charge in [-0.05, 0) is 227 Å². The van der Waals surface area contributed by atoms with E-state index in [1.165, 1.54) is 162 Å². The van der Waals surface area contributed by atoms with Crippen LogP contribution in [0.3, 0.4) is 0 Å². The lowest BCUT2D eigenvalue weighted by molar-refractivity contribution is 0.592. The van der Waals surface area contributed by atoms with Gasteiger partial charge >= 0.3 is 0 Å². The Morgan fingerprint density at radius 3 is 1.09 bits per heavy atom. The quantitative estimate of drug-likeness (QED) is 0.0646. The minimum absolute atomic E-state index is 0.709. The van der Waals surface area contributed by atoms with Gasteiger partial charge in [0.2, 0.25) is 0 Å². The summed E-state index contributed by atoms with van der Waals surface area (Å²) in [5.74, 6) is 0. The first-order valence-corrected chi connectivity index (χ1v) is 57.6. The minimum atomic E-state index is -3.12. The monoisotopic (exact) mass is 1990 g/mol. The van der Waals surface area contributed by atoms with Crippen LogP contribution in [0.2, 0.25) is 0 Å². The maximum absolute atomic E-state index is 14.9. The van der Waals surface area contributed by atoms with E-state index in [1.807, 2.05) is 72.8 Å². The molecule has 0 saturated carbocycles. The Balaban J connectivity index is 0.000000108. The molecule has 30 aromatic rings. The summed E-state index contributed by atoms with van der Waals surface area (Å²) in [4.78, 5) is 20.6. The number of pyridine rings is 4. The number of rotatable bonds is 13. The number of benzene rings is 23. The van der Waals surface area contributed by atoms with E-state index in [0.717, 1.165) is 93.8 Å². The Morgan fingerprint density at radius 2 is 0.537 bits per heavy atom. The van der Waals surface area contributed by atoms with Gasteiger partial charge in [0.1, 0.15) is 16.9 Å². The first-order valence-electron chi connectivity index (χ1n) is 50.2. The van der Waals surface area contributed by atoms with Crippen molar-refractivity contribution in [1.29, 1.82) is 0 Å². The third-order valence-corrected chi connectivity index (χ3v) is 43.1. The van der Waals surface area contributed by atoms with Crippen LogP contribution in [0.5, 0.6) is 0 Å². The summed E-state index contributed by atoms with van der Waals surface area (Å²) >= 11 is 13.3. The molecule has 149 heavy (non-hydrogen) atoms. The zero-order valence-electron chi connectivity index (χ0n) is 80.5. The van der Waals surface area contributed by atoms with Crippen molar-refractivity contribution in [1.82, 2.24) is 33.1 Å². The van der Waals surface area contributed by atoms with E-state index in [4.69, 9.17) is 43.5 Å².